The number of benzene rings is 1. The van der Waals surface area contributed by atoms with Crippen LogP contribution in [0.4, 0.5) is 0 Å². The monoisotopic (exact) mass is 443 g/mol. The highest BCUT2D eigenvalue weighted by molar-refractivity contribution is 5.67. The summed E-state index contributed by atoms with van der Waals surface area (Å²) in [6.07, 6.45) is 2.20. The zero-order valence-electron chi connectivity index (χ0n) is 18.0. The number of pyridine rings is 1. The third-order valence-corrected chi connectivity index (χ3v) is 4.89. The van der Waals surface area contributed by atoms with Gasteiger partial charge in [-0.05, 0) is 30.3 Å². The van der Waals surface area contributed by atoms with Gasteiger partial charge in [-0.15, -0.1) is 0 Å². The minimum Gasteiger partial charge on any atom is -0.481 e. The van der Waals surface area contributed by atoms with E-state index in [2.05, 4.69) is 26.1 Å². The number of aryl methyl sites for hydroxylation is 1. The number of rotatable bonds is 7. The number of ether oxygens (including phenoxy) is 2. The SMILES string of the molecule is COc1nc(-c2ccc(C#N)cc2Oc2cc(-c3ccccn3)nn2C)ncc1C(O)CN. The number of nitrogens with two attached hydrogens (primary N) is 1. The molecule has 1 unspecified atom stereocenters. The number of aromatic nitrogens is 5. The van der Waals surface area contributed by atoms with E-state index in [1.165, 1.54) is 13.3 Å². The zero-order chi connectivity index (χ0) is 23.4. The van der Waals surface area contributed by atoms with Crippen LogP contribution in [-0.2, 0) is 7.05 Å². The highest BCUT2D eigenvalue weighted by Gasteiger charge is 2.19. The molecule has 0 aliphatic heterocycles. The van der Waals surface area contributed by atoms with Crippen LogP contribution in [0.25, 0.3) is 22.8 Å². The normalized spacial score (nSPS) is 11.6. The van der Waals surface area contributed by atoms with Gasteiger partial charge in [-0.2, -0.15) is 15.3 Å². The molecule has 0 bridgehead atoms. The maximum atomic E-state index is 10.1. The minimum atomic E-state index is -0.954. The first-order chi connectivity index (χ1) is 16.0. The van der Waals surface area contributed by atoms with Crippen molar-refractivity contribution in [2.45, 2.75) is 6.10 Å². The molecule has 3 heterocycles. The number of nitriles is 1. The van der Waals surface area contributed by atoms with Crippen molar-refractivity contribution in [2.75, 3.05) is 13.7 Å². The number of aliphatic hydroxyl groups is 1. The van der Waals surface area contributed by atoms with Crippen LogP contribution in [0.15, 0.2) is 54.9 Å². The third kappa shape index (κ3) is 4.50. The molecule has 0 aliphatic rings. The Morgan fingerprint density at radius 2 is 2.03 bits per heavy atom. The van der Waals surface area contributed by atoms with E-state index in [-0.39, 0.29) is 12.4 Å². The Labute approximate surface area is 189 Å². The van der Waals surface area contributed by atoms with Crippen LogP contribution in [0, 0.1) is 11.3 Å². The molecule has 3 N–H and O–H groups in total. The molecule has 33 heavy (non-hydrogen) atoms. The van der Waals surface area contributed by atoms with Crippen LogP contribution in [0.2, 0.25) is 0 Å². The summed E-state index contributed by atoms with van der Waals surface area (Å²) in [5, 5.41) is 23.9. The molecule has 0 spiro atoms. The number of aliphatic hydroxyl groups excluding tert-OH is 1. The summed E-state index contributed by atoms with van der Waals surface area (Å²) in [5.74, 6) is 1.30. The quantitative estimate of drug-likeness (QED) is 0.440. The predicted octanol–water partition coefficient (Wildman–Crippen LogP) is 2.60. The van der Waals surface area contributed by atoms with Gasteiger partial charge in [0.25, 0.3) is 0 Å². The Balaban J connectivity index is 1.75. The van der Waals surface area contributed by atoms with Gasteiger partial charge in [-0.1, -0.05) is 6.07 Å². The van der Waals surface area contributed by atoms with Gasteiger partial charge < -0.3 is 20.3 Å². The molecule has 4 aromatic rings. The number of hydrogen-bond donors (Lipinski definition) is 2. The molecule has 0 fully saturated rings. The Hall–Kier alpha value is -4.33. The lowest BCUT2D eigenvalue weighted by molar-refractivity contribution is 0.180. The largest absolute Gasteiger partial charge is 0.481 e. The summed E-state index contributed by atoms with van der Waals surface area (Å²) in [4.78, 5) is 13.1. The van der Waals surface area contributed by atoms with Crippen LogP contribution in [0.5, 0.6) is 17.5 Å². The molecule has 4 rings (SSSR count). The summed E-state index contributed by atoms with van der Waals surface area (Å²) in [5.41, 5.74) is 8.22. The molecule has 0 amide bonds. The van der Waals surface area contributed by atoms with Gasteiger partial charge in [0.2, 0.25) is 11.8 Å². The number of hydrogen-bond acceptors (Lipinski definition) is 9. The second-order valence-electron chi connectivity index (χ2n) is 7.04. The van der Waals surface area contributed by atoms with E-state index >= 15 is 0 Å². The van der Waals surface area contributed by atoms with E-state index in [0.717, 1.165) is 0 Å². The average Bonchev–Trinajstić information content (AvgIpc) is 3.23. The fourth-order valence-corrected chi connectivity index (χ4v) is 3.18. The topological polar surface area (TPSA) is 145 Å². The van der Waals surface area contributed by atoms with Crippen LogP contribution in [0.3, 0.4) is 0 Å². The van der Waals surface area contributed by atoms with Gasteiger partial charge in [-0.25, -0.2) is 9.67 Å². The number of nitrogens with zero attached hydrogens (tertiary/aromatic N) is 6. The summed E-state index contributed by atoms with van der Waals surface area (Å²) in [6, 6.07) is 14.4. The summed E-state index contributed by atoms with van der Waals surface area (Å²) >= 11 is 0. The highest BCUT2D eigenvalue weighted by Crippen LogP contribution is 2.35. The lowest BCUT2D eigenvalue weighted by Gasteiger charge is -2.14. The van der Waals surface area contributed by atoms with Gasteiger partial charge in [-0.3, -0.25) is 4.98 Å². The summed E-state index contributed by atoms with van der Waals surface area (Å²) in [7, 11) is 3.20. The highest BCUT2D eigenvalue weighted by atomic mass is 16.5. The van der Waals surface area contributed by atoms with Crippen molar-refractivity contribution < 1.29 is 14.6 Å². The fourth-order valence-electron chi connectivity index (χ4n) is 3.18. The van der Waals surface area contributed by atoms with Crippen molar-refractivity contribution in [2.24, 2.45) is 12.8 Å². The van der Waals surface area contributed by atoms with E-state index < -0.39 is 6.10 Å². The molecule has 10 heteroatoms. The maximum absolute atomic E-state index is 10.1. The van der Waals surface area contributed by atoms with Crippen molar-refractivity contribution in [1.82, 2.24) is 24.7 Å². The molecule has 0 saturated heterocycles. The van der Waals surface area contributed by atoms with E-state index in [1.54, 1.807) is 42.2 Å². The first-order valence-electron chi connectivity index (χ1n) is 10.0. The van der Waals surface area contributed by atoms with Crippen molar-refractivity contribution in [3.8, 4) is 46.4 Å². The first kappa shape index (κ1) is 21.9. The average molecular weight is 443 g/mol. The van der Waals surface area contributed by atoms with Gasteiger partial charge in [0.1, 0.15) is 11.4 Å². The standard InChI is InChI=1S/C23H21N7O3/c1-30-21(10-18(29-30)17-5-3-4-8-26-17)33-20-9-14(11-24)6-7-15(20)22-27-13-16(19(31)12-25)23(28-22)32-2/h3-10,13,19,31H,12,25H2,1-2H3. The van der Waals surface area contributed by atoms with Crippen molar-refractivity contribution >= 4 is 0 Å². The van der Waals surface area contributed by atoms with Crippen molar-refractivity contribution in [3.05, 3.63) is 66.0 Å². The van der Waals surface area contributed by atoms with E-state index in [0.29, 0.717) is 45.5 Å². The summed E-state index contributed by atoms with van der Waals surface area (Å²) in [6.45, 7) is 0.00336. The molecule has 1 atom stereocenters. The van der Waals surface area contributed by atoms with Crippen LogP contribution >= 0.6 is 0 Å². The molecule has 3 aromatic heterocycles. The maximum Gasteiger partial charge on any atom is 0.222 e. The molecule has 1 aromatic carbocycles. The lowest BCUT2D eigenvalue weighted by Crippen LogP contribution is -2.14. The molecule has 10 nitrogen and oxygen atoms in total. The van der Waals surface area contributed by atoms with Gasteiger partial charge in [0.05, 0.1) is 41.7 Å². The lowest BCUT2D eigenvalue weighted by atomic mass is 10.1. The fraction of sp³-hybridized carbons (Fsp3) is 0.174. The smallest absolute Gasteiger partial charge is 0.222 e. The Kier molecular flexibility index (Phi) is 6.26. The van der Waals surface area contributed by atoms with E-state index in [9.17, 15) is 10.4 Å². The Morgan fingerprint density at radius 1 is 1.18 bits per heavy atom. The molecule has 0 radical (unpaired) electrons. The van der Waals surface area contributed by atoms with Crippen molar-refractivity contribution in [3.63, 3.8) is 0 Å². The molecular formula is C23H21N7O3. The minimum absolute atomic E-state index is 0.00336. The molecule has 166 valence electrons. The Bertz CT molecular complexity index is 1320. The zero-order valence-corrected chi connectivity index (χ0v) is 18.0. The van der Waals surface area contributed by atoms with E-state index in [4.69, 9.17) is 15.2 Å². The predicted molar refractivity (Wildman–Crippen MR) is 119 cm³/mol. The second kappa shape index (κ2) is 9.44. The van der Waals surface area contributed by atoms with E-state index in [1.807, 2.05) is 18.2 Å². The second-order valence-corrected chi connectivity index (χ2v) is 7.04. The molecular weight excluding hydrogens is 422 g/mol. The Morgan fingerprint density at radius 3 is 2.73 bits per heavy atom. The van der Waals surface area contributed by atoms with Gasteiger partial charge >= 0.3 is 0 Å². The molecule has 0 saturated carbocycles. The van der Waals surface area contributed by atoms with Crippen LogP contribution in [0.1, 0.15) is 17.2 Å². The number of methoxy groups -OCH3 is 1. The van der Waals surface area contributed by atoms with Gasteiger partial charge in [0, 0.05) is 32.1 Å². The van der Waals surface area contributed by atoms with Crippen molar-refractivity contribution in [1.29, 1.82) is 5.26 Å². The van der Waals surface area contributed by atoms with Crippen LogP contribution < -0.4 is 15.2 Å². The molecule has 0 aliphatic carbocycles. The van der Waals surface area contributed by atoms with Crippen LogP contribution in [-0.4, -0.2) is 43.5 Å². The van der Waals surface area contributed by atoms with Gasteiger partial charge in [0.15, 0.2) is 5.82 Å². The first-order valence-corrected chi connectivity index (χ1v) is 10.0. The summed E-state index contributed by atoms with van der Waals surface area (Å²) < 4.78 is 13.0. The third-order valence-electron chi connectivity index (χ3n) is 4.89.